The van der Waals surface area contributed by atoms with Gasteiger partial charge in [0.05, 0.1) is 16.2 Å². The van der Waals surface area contributed by atoms with Gasteiger partial charge in [-0.3, -0.25) is 0 Å². The SMILES string of the molecule is Cc1coc(NS(=O)(=O)c2ccc(F)c(C#N)c2)n1. The number of aromatic nitrogens is 1. The Morgan fingerprint density at radius 2 is 2.21 bits per heavy atom. The van der Waals surface area contributed by atoms with Crippen LogP contribution in [0.5, 0.6) is 0 Å². The molecule has 19 heavy (non-hydrogen) atoms. The third-order valence-corrected chi connectivity index (χ3v) is 3.53. The van der Waals surface area contributed by atoms with Crippen molar-refractivity contribution in [3.63, 3.8) is 0 Å². The van der Waals surface area contributed by atoms with Crippen LogP contribution in [0, 0.1) is 24.1 Å². The molecule has 2 aromatic rings. The van der Waals surface area contributed by atoms with Gasteiger partial charge in [-0.25, -0.2) is 17.5 Å². The average Bonchev–Trinajstić information content (AvgIpc) is 2.74. The van der Waals surface area contributed by atoms with E-state index in [1.54, 1.807) is 13.0 Å². The number of nitriles is 1. The molecule has 0 spiro atoms. The van der Waals surface area contributed by atoms with Crippen molar-refractivity contribution in [2.75, 3.05) is 4.72 Å². The largest absolute Gasteiger partial charge is 0.431 e. The van der Waals surface area contributed by atoms with Crippen molar-refractivity contribution in [3.05, 3.63) is 41.5 Å². The second-order valence-electron chi connectivity index (χ2n) is 3.65. The van der Waals surface area contributed by atoms with E-state index in [0.717, 1.165) is 18.2 Å². The lowest BCUT2D eigenvalue weighted by molar-refractivity contribution is 0.569. The number of sulfonamides is 1. The zero-order chi connectivity index (χ0) is 14.0. The number of nitrogens with one attached hydrogen (secondary N) is 1. The number of hydrogen-bond acceptors (Lipinski definition) is 5. The van der Waals surface area contributed by atoms with Gasteiger partial charge in [0.15, 0.2) is 0 Å². The van der Waals surface area contributed by atoms with Crippen LogP contribution < -0.4 is 4.72 Å². The molecule has 0 atom stereocenters. The summed E-state index contributed by atoms with van der Waals surface area (Å²) in [6.07, 6.45) is 1.28. The van der Waals surface area contributed by atoms with E-state index in [1.807, 2.05) is 0 Å². The number of anilines is 1. The summed E-state index contributed by atoms with van der Waals surface area (Å²) in [5, 5.41) is 8.67. The minimum atomic E-state index is -3.97. The molecule has 0 aliphatic carbocycles. The maximum absolute atomic E-state index is 13.1. The number of nitrogens with zero attached hydrogens (tertiary/aromatic N) is 2. The van der Waals surface area contributed by atoms with Crippen LogP contribution in [0.1, 0.15) is 11.3 Å². The van der Waals surface area contributed by atoms with E-state index in [0.29, 0.717) is 5.69 Å². The van der Waals surface area contributed by atoms with E-state index >= 15 is 0 Å². The van der Waals surface area contributed by atoms with E-state index in [1.165, 1.54) is 6.26 Å². The van der Waals surface area contributed by atoms with Gasteiger partial charge in [0.1, 0.15) is 18.1 Å². The van der Waals surface area contributed by atoms with E-state index in [9.17, 15) is 12.8 Å². The molecule has 0 unspecified atom stereocenters. The van der Waals surface area contributed by atoms with E-state index in [4.69, 9.17) is 9.68 Å². The summed E-state index contributed by atoms with van der Waals surface area (Å²) in [7, 11) is -3.97. The molecule has 1 aromatic carbocycles. The van der Waals surface area contributed by atoms with Crippen molar-refractivity contribution in [1.82, 2.24) is 4.98 Å². The lowest BCUT2D eigenvalue weighted by Crippen LogP contribution is -2.13. The number of halogens is 1. The van der Waals surface area contributed by atoms with Crippen LogP contribution in [0.15, 0.2) is 33.8 Å². The highest BCUT2D eigenvalue weighted by molar-refractivity contribution is 7.92. The van der Waals surface area contributed by atoms with Gasteiger partial charge in [0.2, 0.25) is 0 Å². The van der Waals surface area contributed by atoms with Crippen LogP contribution in [0.25, 0.3) is 0 Å². The third-order valence-electron chi connectivity index (χ3n) is 2.21. The van der Waals surface area contributed by atoms with Crippen LogP contribution >= 0.6 is 0 Å². The summed E-state index contributed by atoms with van der Waals surface area (Å²) in [5.74, 6) is -0.784. The second kappa shape index (κ2) is 4.70. The number of aryl methyl sites for hydroxylation is 1. The molecular formula is C11H8FN3O3S. The van der Waals surface area contributed by atoms with Gasteiger partial charge in [-0.1, -0.05) is 0 Å². The Kier molecular flexibility index (Phi) is 3.23. The Morgan fingerprint density at radius 1 is 1.47 bits per heavy atom. The summed E-state index contributed by atoms with van der Waals surface area (Å²) >= 11 is 0. The van der Waals surface area contributed by atoms with Crippen LogP contribution in [-0.2, 0) is 10.0 Å². The molecule has 0 aliphatic heterocycles. The number of oxazole rings is 1. The highest BCUT2D eigenvalue weighted by atomic mass is 32.2. The molecule has 1 heterocycles. The first kappa shape index (κ1) is 13.0. The lowest BCUT2D eigenvalue weighted by Gasteiger charge is -2.04. The van der Waals surface area contributed by atoms with Crippen molar-refractivity contribution in [1.29, 1.82) is 5.26 Å². The fraction of sp³-hybridized carbons (Fsp3) is 0.0909. The zero-order valence-corrected chi connectivity index (χ0v) is 10.5. The molecule has 0 bridgehead atoms. The summed E-state index contributed by atoms with van der Waals surface area (Å²) in [5.41, 5.74) is 0.154. The van der Waals surface area contributed by atoms with Crippen molar-refractivity contribution >= 4 is 16.0 Å². The fourth-order valence-electron chi connectivity index (χ4n) is 1.33. The zero-order valence-electron chi connectivity index (χ0n) is 9.71. The Bertz CT molecular complexity index is 762. The average molecular weight is 281 g/mol. The maximum atomic E-state index is 13.1. The molecule has 98 valence electrons. The second-order valence-corrected chi connectivity index (χ2v) is 5.34. The Hall–Kier alpha value is -2.40. The van der Waals surface area contributed by atoms with Gasteiger partial charge < -0.3 is 4.42 Å². The fourth-order valence-corrected chi connectivity index (χ4v) is 2.29. The molecule has 0 saturated heterocycles. The van der Waals surface area contributed by atoms with Crippen molar-refractivity contribution < 1.29 is 17.2 Å². The predicted octanol–water partition coefficient (Wildman–Crippen LogP) is 1.79. The molecule has 2 rings (SSSR count). The lowest BCUT2D eigenvalue weighted by atomic mass is 10.2. The van der Waals surface area contributed by atoms with Crippen LogP contribution in [-0.4, -0.2) is 13.4 Å². The Balaban J connectivity index is 2.37. The summed E-state index contributed by atoms with van der Waals surface area (Å²) in [6.45, 7) is 1.63. The van der Waals surface area contributed by atoms with Crippen molar-refractivity contribution in [2.24, 2.45) is 0 Å². The van der Waals surface area contributed by atoms with Crippen molar-refractivity contribution in [2.45, 2.75) is 11.8 Å². The minimum Gasteiger partial charge on any atom is -0.431 e. The van der Waals surface area contributed by atoms with Gasteiger partial charge >= 0.3 is 6.01 Å². The Labute approximate surface area is 108 Å². The van der Waals surface area contributed by atoms with E-state index in [2.05, 4.69) is 9.71 Å². The quantitative estimate of drug-likeness (QED) is 0.925. The molecular weight excluding hydrogens is 273 g/mol. The van der Waals surface area contributed by atoms with Gasteiger partial charge in [0, 0.05) is 0 Å². The predicted molar refractivity (Wildman–Crippen MR) is 63.2 cm³/mol. The summed E-state index contributed by atoms with van der Waals surface area (Å²) in [6, 6.07) is 4.27. The molecule has 0 radical (unpaired) electrons. The van der Waals surface area contributed by atoms with Crippen LogP contribution in [0.4, 0.5) is 10.4 Å². The molecule has 6 nitrogen and oxygen atoms in total. The first-order valence-corrected chi connectivity index (χ1v) is 6.55. The first-order valence-electron chi connectivity index (χ1n) is 5.07. The topological polar surface area (TPSA) is 96.0 Å². The minimum absolute atomic E-state index is 0.194. The van der Waals surface area contributed by atoms with Gasteiger partial charge in [-0.05, 0) is 25.1 Å². The molecule has 0 amide bonds. The van der Waals surface area contributed by atoms with E-state index in [-0.39, 0.29) is 16.5 Å². The molecule has 1 aromatic heterocycles. The van der Waals surface area contributed by atoms with Crippen LogP contribution in [0.3, 0.4) is 0 Å². The molecule has 8 heteroatoms. The molecule has 0 aliphatic rings. The number of benzene rings is 1. The van der Waals surface area contributed by atoms with E-state index < -0.39 is 15.8 Å². The number of hydrogen-bond donors (Lipinski definition) is 1. The maximum Gasteiger partial charge on any atom is 0.309 e. The highest BCUT2D eigenvalue weighted by Crippen LogP contribution is 2.18. The molecule has 0 saturated carbocycles. The highest BCUT2D eigenvalue weighted by Gasteiger charge is 2.18. The monoisotopic (exact) mass is 281 g/mol. The summed E-state index contributed by atoms with van der Waals surface area (Å²) < 4.78 is 44.0. The Morgan fingerprint density at radius 3 is 2.79 bits per heavy atom. The molecule has 0 fully saturated rings. The summed E-state index contributed by atoms with van der Waals surface area (Å²) in [4.78, 5) is 3.54. The first-order chi connectivity index (χ1) is 8.92. The normalized spacial score (nSPS) is 11.0. The van der Waals surface area contributed by atoms with Gasteiger partial charge in [-0.15, -0.1) is 0 Å². The number of rotatable bonds is 3. The standard InChI is InChI=1S/C11H8FN3O3S/c1-7-6-18-11(14-7)15-19(16,17)9-2-3-10(12)8(4-9)5-13/h2-4,6H,1H3,(H,14,15). The third kappa shape index (κ3) is 2.71. The smallest absolute Gasteiger partial charge is 0.309 e. The van der Waals surface area contributed by atoms with Crippen molar-refractivity contribution in [3.8, 4) is 6.07 Å². The van der Waals surface area contributed by atoms with Gasteiger partial charge in [0.25, 0.3) is 10.0 Å². The molecule has 1 N–H and O–H groups in total. The van der Waals surface area contributed by atoms with Crippen LogP contribution in [0.2, 0.25) is 0 Å². The van der Waals surface area contributed by atoms with Gasteiger partial charge in [-0.2, -0.15) is 10.2 Å².